The van der Waals surface area contributed by atoms with Crippen LogP contribution in [0.5, 0.6) is 0 Å². The zero-order valence-electron chi connectivity index (χ0n) is 12.0. The second-order valence-electron chi connectivity index (χ2n) is 5.86. The van der Waals surface area contributed by atoms with Crippen molar-refractivity contribution in [3.63, 3.8) is 0 Å². The molecular weight excluding hydrogens is 361 g/mol. The summed E-state index contributed by atoms with van der Waals surface area (Å²) in [7, 11) is 0. The summed E-state index contributed by atoms with van der Waals surface area (Å²) in [5.74, 6) is 0. The molecule has 2 fully saturated rings. The van der Waals surface area contributed by atoms with Gasteiger partial charge < -0.3 is 4.74 Å². The third kappa shape index (κ3) is 3.48. The zero-order valence-corrected chi connectivity index (χ0v) is 13.6. The highest BCUT2D eigenvalue weighted by Gasteiger charge is 2.38. The normalized spacial score (nSPS) is 22.4. The van der Waals surface area contributed by atoms with Gasteiger partial charge in [-0.2, -0.15) is 13.2 Å². The van der Waals surface area contributed by atoms with Gasteiger partial charge in [0.2, 0.25) is 0 Å². The molecule has 1 N–H and O–H groups in total. The number of alkyl halides is 3. The van der Waals surface area contributed by atoms with Crippen molar-refractivity contribution in [1.82, 2.24) is 10.2 Å². The molecule has 0 aromatic heterocycles. The summed E-state index contributed by atoms with van der Waals surface area (Å²) in [5.41, 5.74) is -0.126. The van der Waals surface area contributed by atoms with Crippen LogP contribution in [-0.4, -0.2) is 36.9 Å². The molecule has 0 saturated carbocycles. The van der Waals surface area contributed by atoms with E-state index in [1.807, 2.05) is 0 Å². The third-order valence-corrected chi connectivity index (χ3v) is 5.03. The van der Waals surface area contributed by atoms with E-state index in [4.69, 9.17) is 4.74 Å². The van der Waals surface area contributed by atoms with Crippen molar-refractivity contribution >= 4 is 15.9 Å². The molecule has 0 bridgehead atoms. The first-order valence-corrected chi connectivity index (χ1v) is 8.14. The summed E-state index contributed by atoms with van der Waals surface area (Å²) in [4.78, 5) is 2.18. The minimum Gasteiger partial charge on any atom is -0.359 e. The first-order valence-electron chi connectivity index (χ1n) is 7.35. The van der Waals surface area contributed by atoms with Gasteiger partial charge in [0.1, 0.15) is 5.72 Å². The van der Waals surface area contributed by atoms with Crippen molar-refractivity contribution in [3.8, 4) is 0 Å². The molecule has 0 radical (unpaired) electrons. The van der Waals surface area contributed by atoms with Crippen LogP contribution in [0.4, 0.5) is 13.2 Å². The maximum Gasteiger partial charge on any atom is 0.417 e. The summed E-state index contributed by atoms with van der Waals surface area (Å²) in [5, 5.41) is 3.39. The lowest BCUT2D eigenvalue weighted by atomic mass is 10.00. The zero-order chi connectivity index (χ0) is 15.8. The SMILES string of the molecule is FC(F)(F)c1cc(CN2CCC3(CC2)NCCO3)ccc1Br. The number of hydrogen-bond donors (Lipinski definition) is 1. The Morgan fingerprint density at radius 2 is 2.00 bits per heavy atom. The maximum absolute atomic E-state index is 12.9. The van der Waals surface area contributed by atoms with Crippen molar-refractivity contribution in [2.75, 3.05) is 26.2 Å². The van der Waals surface area contributed by atoms with Gasteiger partial charge in [-0.25, -0.2) is 0 Å². The van der Waals surface area contributed by atoms with Crippen molar-refractivity contribution in [2.24, 2.45) is 0 Å². The minimum atomic E-state index is -4.33. The molecule has 3 rings (SSSR count). The molecule has 1 aromatic rings. The smallest absolute Gasteiger partial charge is 0.359 e. The molecule has 22 heavy (non-hydrogen) atoms. The first-order chi connectivity index (χ1) is 10.4. The Balaban J connectivity index is 1.64. The predicted octanol–water partition coefficient (Wildman–Crippen LogP) is 3.38. The summed E-state index contributed by atoms with van der Waals surface area (Å²) in [6, 6.07) is 4.46. The number of piperidine rings is 1. The van der Waals surface area contributed by atoms with Crippen molar-refractivity contribution in [3.05, 3.63) is 33.8 Å². The highest BCUT2D eigenvalue weighted by Crippen LogP contribution is 2.36. The van der Waals surface area contributed by atoms with E-state index in [0.29, 0.717) is 12.1 Å². The topological polar surface area (TPSA) is 24.5 Å². The van der Waals surface area contributed by atoms with Gasteiger partial charge in [0.15, 0.2) is 0 Å². The lowest BCUT2D eigenvalue weighted by Gasteiger charge is -2.38. The van der Waals surface area contributed by atoms with E-state index in [9.17, 15) is 13.2 Å². The van der Waals surface area contributed by atoms with Crippen molar-refractivity contribution in [2.45, 2.75) is 31.3 Å². The molecule has 0 amide bonds. The minimum absolute atomic E-state index is 0.0879. The highest BCUT2D eigenvalue weighted by molar-refractivity contribution is 9.10. The standard InChI is InChI=1S/C15H18BrF3N2O/c16-13-2-1-11(9-12(13)15(17,18)19)10-21-6-3-14(4-7-21)20-5-8-22-14/h1-2,9,20H,3-8,10H2. The number of ether oxygens (including phenoxy) is 1. The predicted molar refractivity (Wildman–Crippen MR) is 80.3 cm³/mol. The van der Waals surface area contributed by atoms with E-state index in [1.165, 1.54) is 12.1 Å². The van der Waals surface area contributed by atoms with Gasteiger partial charge in [-0.3, -0.25) is 10.2 Å². The number of nitrogens with one attached hydrogen (secondary N) is 1. The van der Waals surface area contributed by atoms with E-state index < -0.39 is 11.7 Å². The van der Waals surface area contributed by atoms with E-state index in [2.05, 4.69) is 26.1 Å². The molecule has 0 atom stereocenters. The van der Waals surface area contributed by atoms with Gasteiger partial charge >= 0.3 is 6.18 Å². The van der Waals surface area contributed by atoms with Gasteiger partial charge in [-0.15, -0.1) is 0 Å². The van der Waals surface area contributed by atoms with E-state index in [-0.39, 0.29) is 10.2 Å². The molecule has 7 heteroatoms. The van der Waals surface area contributed by atoms with Gasteiger partial charge in [-0.1, -0.05) is 22.0 Å². The van der Waals surface area contributed by atoms with E-state index in [0.717, 1.165) is 39.1 Å². The summed E-state index contributed by atoms with van der Waals surface area (Å²) >= 11 is 2.97. The van der Waals surface area contributed by atoms with Crippen LogP contribution >= 0.6 is 15.9 Å². The molecule has 2 saturated heterocycles. The van der Waals surface area contributed by atoms with Crippen LogP contribution in [0.15, 0.2) is 22.7 Å². The van der Waals surface area contributed by atoms with Gasteiger partial charge in [0.05, 0.1) is 12.2 Å². The van der Waals surface area contributed by atoms with Crippen LogP contribution in [0.3, 0.4) is 0 Å². The Morgan fingerprint density at radius 1 is 1.27 bits per heavy atom. The Morgan fingerprint density at radius 3 is 2.59 bits per heavy atom. The lowest BCUT2D eigenvalue weighted by Crippen LogP contribution is -2.50. The fraction of sp³-hybridized carbons (Fsp3) is 0.600. The van der Waals surface area contributed by atoms with E-state index >= 15 is 0 Å². The number of nitrogens with zero attached hydrogens (tertiary/aromatic N) is 1. The van der Waals surface area contributed by atoms with Crippen LogP contribution in [-0.2, 0) is 17.5 Å². The van der Waals surface area contributed by atoms with Crippen LogP contribution in [0.1, 0.15) is 24.0 Å². The summed E-state index contributed by atoms with van der Waals surface area (Å²) < 4.78 is 44.7. The average Bonchev–Trinajstić information content (AvgIpc) is 2.91. The van der Waals surface area contributed by atoms with Gasteiger partial charge in [0, 0.05) is 43.5 Å². The maximum atomic E-state index is 12.9. The Kier molecular flexibility index (Phi) is 4.51. The summed E-state index contributed by atoms with van der Waals surface area (Å²) in [6.07, 6.45) is -2.59. The highest BCUT2D eigenvalue weighted by atomic mass is 79.9. The lowest BCUT2D eigenvalue weighted by molar-refractivity contribution is -0.138. The van der Waals surface area contributed by atoms with Crippen molar-refractivity contribution < 1.29 is 17.9 Å². The first kappa shape index (κ1) is 16.2. The van der Waals surface area contributed by atoms with Crippen LogP contribution < -0.4 is 5.32 Å². The van der Waals surface area contributed by atoms with Crippen LogP contribution in [0.2, 0.25) is 0 Å². The molecule has 2 aliphatic rings. The molecule has 0 aliphatic carbocycles. The van der Waals surface area contributed by atoms with Crippen LogP contribution in [0, 0.1) is 0 Å². The number of rotatable bonds is 2. The Bertz CT molecular complexity index is 534. The Labute approximate surface area is 135 Å². The molecule has 0 unspecified atom stereocenters. The van der Waals surface area contributed by atoms with Gasteiger partial charge in [-0.05, 0) is 17.7 Å². The second-order valence-corrected chi connectivity index (χ2v) is 6.71. The van der Waals surface area contributed by atoms with Crippen LogP contribution in [0.25, 0.3) is 0 Å². The average molecular weight is 379 g/mol. The number of likely N-dealkylation sites (tertiary alicyclic amines) is 1. The second kappa shape index (κ2) is 6.11. The fourth-order valence-corrected chi connectivity index (χ4v) is 3.59. The molecule has 3 nitrogen and oxygen atoms in total. The molecule has 2 heterocycles. The van der Waals surface area contributed by atoms with Gasteiger partial charge in [0.25, 0.3) is 0 Å². The quantitative estimate of drug-likeness (QED) is 0.853. The Hall–Kier alpha value is -0.630. The van der Waals surface area contributed by atoms with Crippen molar-refractivity contribution in [1.29, 1.82) is 0 Å². The molecular formula is C15H18BrF3N2O. The number of halogens is 4. The van der Waals surface area contributed by atoms with E-state index in [1.54, 1.807) is 6.07 Å². The number of hydrogen-bond acceptors (Lipinski definition) is 3. The molecule has 122 valence electrons. The molecule has 1 spiro atoms. The molecule has 1 aromatic carbocycles. The number of benzene rings is 1. The fourth-order valence-electron chi connectivity index (χ4n) is 3.12. The monoisotopic (exact) mass is 378 g/mol. The summed E-state index contributed by atoms with van der Waals surface area (Å²) in [6.45, 7) is 3.80. The largest absolute Gasteiger partial charge is 0.417 e. The molecule has 2 aliphatic heterocycles. The third-order valence-electron chi connectivity index (χ3n) is 4.33.